The van der Waals surface area contributed by atoms with Crippen LogP contribution in [0.3, 0.4) is 0 Å². The maximum absolute atomic E-state index is 12.5. The van der Waals surface area contributed by atoms with Crippen molar-refractivity contribution in [3.8, 4) is 5.69 Å². The van der Waals surface area contributed by atoms with Crippen molar-refractivity contribution >= 4 is 35.0 Å². The number of hydrogen-bond donors (Lipinski definition) is 2. The molecule has 2 aromatic carbocycles. The lowest BCUT2D eigenvalue weighted by atomic mass is 10.2. The standard InChI is InChI=1S/C22H22N4O3S/c1-14-4-10-19(11-5-14)26-21(28)13-12-20(25-26)30-15(2)22(29)24-18-8-6-17(7-9-18)23-16(3)27/h4-13,15H,1-3H3,(H,23,27)(H,24,29)/t15-/m0/s1. The molecule has 0 aliphatic carbocycles. The second kappa shape index (κ2) is 9.41. The summed E-state index contributed by atoms with van der Waals surface area (Å²) in [6, 6.07) is 17.4. The molecule has 0 unspecified atom stereocenters. The van der Waals surface area contributed by atoms with E-state index in [1.165, 1.54) is 29.4 Å². The monoisotopic (exact) mass is 422 g/mol. The van der Waals surface area contributed by atoms with Crippen molar-refractivity contribution in [1.29, 1.82) is 0 Å². The van der Waals surface area contributed by atoms with Crippen LogP contribution in [0.4, 0.5) is 11.4 Å². The van der Waals surface area contributed by atoms with E-state index in [1.807, 2.05) is 31.2 Å². The van der Waals surface area contributed by atoms with Crippen LogP contribution in [-0.2, 0) is 9.59 Å². The highest BCUT2D eigenvalue weighted by molar-refractivity contribution is 8.00. The van der Waals surface area contributed by atoms with Crippen molar-refractivity contribution in [1.82, 2.24) is 9.78 Å². The van der Waals surface area contributed by atoms with E-state index in [4.69, 9.17) is 0 Å². The molecule has 0 saturated carbocycles. The van der Waals surface area contributed by atoms with Crippen LogP contribution < -0.4 is 16.2 Å². The van der Waals surface area contributed by atoms with Crippen molar-refractivity contribution in [2.45, 2.75) is 31.0 Å². The van der Waals surface area contributed by atoms with Gasteiger partial charge in [0.05, 0.1) is 10.9 Å². The zero-order valence-electron chi connectivity index (χ0n) is 16.9. The molecule has 8 heteroatoms. The number of benzene rings is 2. The van der Waals surface area contributed by atoms with Crippen LogP contribution in [0, 0.1) is 6.92 Å². The van der Waals surface area contributed by atoms with E-state index in [-0.39, 0.29) is 17.4 Å². The summed E-state index contributed by atoms with van der Waals surface area (Å²) in [4.78, 5) is 35.8. The lowest BCUT2D eigenvalue weighted by Crippen LogP contribution is -2.24. The van der Waals surface area contributed by atoms with Gasteiger partial charge in [0.2, 0.25) is 11.8 Å². The van der Waals surface area contributed by atoms with E-state index < -0.39 is 5.25 Å². The summed E-state index contributed by atoms with van der Waals surface area (Å²) < 4.78 is 1.33. The summed E-state index contributed by atoms with van der Waals surface area (Å²) in [5.74, 6) is -0.349. The molecule has 3 rings (SSSR count). The number of nitrogens with one attached hydrogen (secondary N) is 2. The highest BCUT2D eigenvalue weighted by Gasteiger charge is 2.16. The average molecular weight is 423 g/mol. The molecule has 1 aromatic heterocycles. The normalized spacial score (nSPS) is 11.6. The van der Waals surface area contributed by atoms with Crippen molar-refractivity contribution < 1.29 is 9.59 Å². The third-order valence-electron chi connectivity index (χ3n) is 4.19. The van der Waals surface area contributed by atoms with Crippen molar-refractivity contribution in [3.63, 3.8) is 0 Å². The van der Waals surface area contributed by atoms with Gasteiger partial charge in [-0.3, -0.25) is 14.4 Å². The number of hydrogen-bond acceptors (Lipinski definition) is 5. The molecule has 1 atom stereocenters. The molecule has 0 aliphatic heterocycles. The molecule has 0 bridgehead atoms. The van der Waals surface area contributed by atoms with E-state index in [0.717, 1.165) is 5.56 Å². The fraction of sp³-hybridized carbons (Fsp3) is 0.182. The molecule has 2 N–H and O–H groups in total. The summed E-state index contributed by atoms with van der Waals surface area (Å²) in [5.41, 5.74) is 2.81. The lowest BCUT2D eigenvalue weighted by Gasteiger charge is -2.13. The number of anilines is 2. The highest BCUT2D eigenvalue weighted by Crippen LogP contribution is 2.22. The summed E-state index contributed by atoms with van der Waals surface area (Å²) in [7, 11) is 0. The number of aromatic nitrogens is 2. The van der Waals surface area contributed by atoms with E-state index in [0.29, 0.717) is 22.1 Å². The third-order valence-corrected chi connectivity index (χ3v) is 5.22. The minimum atomic E-state index is -0.434. The number of carbonyl (C=O) groups is 2. The Morgan fingerprint density at radius 2 is 1.53 bits per heavy atom. The Bertz CT molecular complexity index is 1110. The Morgan fingerprint density at radius 1 is 0.933 bits per heavy atom. The molecular weight excluding hydrogens is 400 g/mol. The molecular formula is C22H22N4O3S. The first-order valence-corrected chi connectivity index (χ1v) is 10.2. The number of rotatable bonds is 6. The maximum Gasteiger partial charge on any atom is 0.271 e. The second-order valence-electron chi connectivity index (χ2n) is 6.77. The summed E-state index contributed by atoms with van der Waals surface area (Å²) in [5, 5.41) is 10.0. The maximum atomic E-state index is 12.5. The fourth-order valence-corrected chi connectivity index (χ4v) is 3.45. The van der Waals surface area contributed by atoms with E-state index in [1.54, 1.807) is 37.3 Å². The predicted octanol–water partition coefficient (Wildman–Crippen LogP) is 3.62. The van der Waals surface area contributed by atoms with Gasteiger partial charge in [-0.05, 0) is 56.3 Å². The predicted molar refractivity (Wildman–Crippen MR) is 119 cm³/mol. The van der Waals surface area contributed by atoms with Gasteiger partial charge in [-0.15, -0.1) is 0 Å². The summed E-state index contributed by atoms with van der Waals surface area (Å²) >= 11 is 1.26. The Hall–Kier alpha value is -3.39. The summed E-state index contributed by atoms with van der Waals surface area (Å²) in [6.07, 6.45) is 0. The van der Waals surface area contributed by atoms with Crippen LogP contribution in [0.25, 0.3) is 5.69 Å². The topological polar surface area (TPSA) is 93.1 Å². The van der Waals surface area contributed by atoms with Gasteiger partial charge in [0.15, 0.2) is 0 Å². The zero-order valence-corrected chi connectivity index (χ0v) is 17.7. The molecule has 0 spiro atoms. The molecule has 7 nitrogen and oxygen atoms in total. The van der Waals surface area contributed by atoms with Gasteiger partial charge in [0.1, 0.15) is 5.03 Å². The zero-order chi connectivity index (χ0) is 21.7. The third kappa shape index (κ3) is 5.57. The van der Waals surface area contributed by atoms with Crippen molar-refractivity contribution in [2.75, 3.05) is 10.6 Å². The van der Waals surface area contributed by atoms with Gasteiger partial charge in [-0.1, -0.05) is 29.5 Å². The van der Waals surface area contributed by atoms with E-state index in [9.17, 15) is 14.4 Å². The van der Waals surface area contributed by atoms with E-state index >= 15 is 0 Å². The number of thioether (sulfide) groups is 1. The molecule has 0 radical (unpaired) electrons. The van der Waals surface area contributed by atoms with Gasteiger partial charge in [0, 0.05) is 24.4 Å². The van der Waals surface area contributed by atoms with Crippen molar-refractivity contribution in [3.05, 3.63) is 76.6 Å². The summed E-state index contributed by atoms with van der Waals surface area (Å²) in [6.45, 7) is 5.18. The van der Waals surface area contributed by atoms with Crippen LogP contribution in [0.2, 0.25) is 0 Å². The molecule has 30 heavy (non-hydrogen) atoms. The van der Waals surface area contributed by atoms with Gasteiger partial charge in [-0.25, -0.2) is 0 Å². The van der Waals surface area contributed by atoms with Gasteiger partial charge in [-0.2, -0.15) is 9.78 Å². The minimum absolute atomic E-state index is 0.156. The largest absolute Gasteiger partial charge is 0.326 e. The molecule has 2 amide bonds. The first-order valence-electron chi connectivity index (χ1n) is 9.34. The quantitative estimate of drug-likeness (QED) is 0.592. The van der Waals surface area contributed by atoms with Gasteiger partial charge >= 0.3 is 0 Å². The number of aryl methyl sites for hydroxylation is 1. The average Bonchev–Trinajstić information content (AvgIpc) is 2.71. The molecule has 0 fully saturated rings. The fourth-order valence-electron chi connectivity index (χ4n) is 2.65. The van der Waals surface area contributed by atoms with Crippen LogP contribution in [0.15, 0.2) is 70.5 Å². The van der Waals surface area contributed by atoms with Crippen LogP contribution in [0.5, 0.6) is 0 Å². The smallest absolute Gasteiger partial charge is 0.271 e. The van der Waals surface area contributed by atoms with Crippen LogP contribution >= 0.6 is 11.8 Å². The molecule has 0 aliphatic rings. The Balaban J connectivity index is 1.68. The van der Waals surface area contributed by atoms with Gasteiger partial charge < -0.3 is 10.6 Å². The van der Waals surface area contributed by atoms with Crippen LogP contribution in [-0.4, -0.2) is 26.8 Å². The Kier molecular flexibility index (Phi) is 6.68. The molecule has 154 valence electrons. The number of nitrogens with zero attached hydrogens (tertiary/aromatic N) is 2. The lowest BCUT2D eigenvalue weighted by molar-refractivity contribution is -0.115. The molecule has 3 aromatic rings. The number of amides is 2. The SMILES string of the molecule is CC(=O)Nc1ccc(NC(=O)[C@H](C)Sc2ccc(=O)n(-c3ccc(C)cc3)n2)cc1. The Morgan fingerprint density at radius 3 is 2.13 bits per heavy atom. The second-order valence-corrected chi connectivity index (χ2v) is 8.13. The first-order chi connectivity index (χ1) is 14.3. The van der Waals surface area contributed by atoms with Crippen LogP contribution in [0.1, 0.15) is 19.4 Å². The van der Waals surface area contributed by atoms with E-state index in [2.05, 4.69) is 15.7 Å². The van der Waals surface area contributed by atoms with Gasteiger partial charge in [0.25, 0.3) is 5.56 Å². The minimum Gasteiger partial charge on any atom is -0.326 e. The number of carbonyl (C=O) groups excluding carboxylic acids is 2. The Labute approximate surface area is 178 Å². The molecule has 1 heterocycles. The van der Waals surface area contributed by atoms with Crippen molar-refractivity contribution in [2.24, 2.45) is 0 Å². The molecule has 0 saturated heterocycles. The highest BCUT2D eigenvalue weighted by atomic mass is 32.2. The first kappa shape index (κ1) is 21.3.